The molecule has 12 heteroatoms. The van der Waals surface area contributed by atoms with Crippen LogP contribution in [0.2, 0.25) is 10.0 Å². The fourth-order valence-corrected chi connectivity index (χ4v) is 4.71. The number of methoxy groups -OCH3 is 3. The maximum absolute atomic E-state index is 12.5. The van der Waals surface area contributed by atoms with Crippen molar-refractivity contribution in [2.75, 3.05) is 27.1 Å². The Hall–Kier alpha value is -3.73. The Kier molecular flexibility index (Phi) is 9.11. The predicted octanol–water partition coefficient (Wildman–Crippen LogP) is 5.51. The van der Waals surface area contributed by atoms with Crippen molar-refractivity contribution in [3.05, 3.63) is 76.3 Å². The summed E-state index contributed by atoms with van der Waals surface area (Å²) in [6.45, 7) is 0. The Morgan fingerprint density at radius 3 is 2.34 bits per heavy atom. The first-order valence-electron chi connectivity index (χ1n) is 11.2. The van der Waals surface area contributed by atoms with Gasteiger partial charge in [0, 0.05) is 21.8 Å². The number of hydrogen-bond donors (Lipinski definition) is 1. The minimum atomic E-state index is -0.326. The van der Waals surface area contributed by atoms with Gasteiger partial charge in [0.25, 0.3) is 5.91 Å². The van der Waals surface area contributed by atoms with Crippen LogP contribution in [0.1, 0.15) is 5.56 Å². The van der Waals surface area contributed by atoms with Gasteiger partial charge in [0.15, 0.2) is 22.5 Å². The van der Waals surface area contributed by atoms with Gasteiger partial charge in [-0.05, 0) is 36.4 Å². The Bertz CT molecular complexity index is 1440. The van der Waals surface area contributed by atoms with Crippen molar-refractivity contribution >= 4 is 47.1 Å². The van der Waals surface area contributed by atoms with Crippen LogP contribution in [0.15, 0.2) is 70.9 Å². The fraction of sp³-hybridized carbons (Fsp3) is 0.154. The zero-order chi connectivity index (χ0) is 27.1. The van der Waals surface area contributed by atoms with Crippen LogP contribution >= 0.6 is 35.0 Å². The molecule has 38 heavy (non-hydrogen) atoms. The van der Waals surface area contributed by atoms with Gasteiger partial charge in [-0.2, -0.15) is 5.10 Å². The number of amides is 1. The van der Waals surface area contributed by atoms with E-state index in [4.69, 9.17) is 37.4 Å². The van der Waals surface area contributed by atoms with Crippen molar-refractivity contribution in [1.29, 1.82) is 0 Å². The summed E-state index contributed by atoms with van der Waals surface area (Å²) in [5.74, 6) is 1.69. The number of benzene rings is 3. The zero-order valence-corrected chi connectivity index (χ0v) is 23.0. The number of rotatable bonds is 10. The monoisotopic (exact) mass is 571 g/mol. The number of ether oxygens (including phenoxy) is 3. The van der Waals surface area contributed by atoms with Crippen LogP contribution < -0.4 is 19.6 Å². The molecule has 1 N–H and O–H groups in total. The molecule has 9 nitrogen and oxygen atoms in total. The molecular formula is C26H23Cl2N5O4S. The average molecular weight is 572 g/mol. The molecule has 0 fully saturated rings. The molecule has 0 saturated carbocycles. The molecule has 0 aliphatic rings. The number of carbonyl (C=O) groups is 1. The SMILES string of the molecule is COc1cc(-c2nnc(SCC(=O)N/N=C/c3ccc(Cl)cc3Cl)n2-c2ccccc2)cc(OC)c1OC. The van der Waals surface area contributed by atoms with E-state index >= 15 is 0 Å². The average Bonchev–Trinajstić information content (AvgIpc) is 3.36. The highest BCUT2D eigenvalue weighted by atomic mass is 35.5. The summed E-state index contributed by atoms with van der Waals surface area (Å²) >= 11 is 13.3. The van der Waals surface area contributed by atoms with Gasteiger partial charge in [-0.1, -0.05) is 59.2 Å². The highest BCUT2D eigenvalue weighted by Gasteiger charge is 2.21. The van der Waals surface area contributed by atoms with Gasteiger partial charge in [0.2, 0.25) is 5.75 Å². The molecule has 196 valence electrons. The first-order chi connectivity index (χ1) is 18.4. The lowest BCUT2D eigenvalue weighted by atomic mass is 10.1. The minimum absolute atomic E-state index is 0.0475. The van der Waals surface area contributed by atoms with Crippen molar-refractivity contribution in [2.24, 2.45) is 5.10 Å². The van der Waals surface area contributed by atoms with E-state index in [1.165, 1.54) is 18.0 Å². The number of carbonyl (C=O) groups excluding carboxylic acids is 1. The van der Waals surface area contributed by atoms with Crippen molar-refractivity contribution in [2.45, 2.75) is 5.16 Å². The quantitative estimate of drug-likeness (QED) is 0.152. The van der Waals surface area contributed by atoms with E-state index in [2.05, 4.69) is 20.7 Å². The molecular weight excluding hydrogens is 549 g/mol. The Balaban J connectivity index is 1.59. The van der Waals surface area contributed by atoms with Gasteiger partial charge in [-0.15, -0.1) is 10.2 Å². The standard InChI is InChI=1S/C26H23Cl2N5O4S/c1-35-21-11-17(12-22(36-2)24(21)37-3)25-31-32-26(33(25)19-7-5-4-6-8-19)38-15-23(34)30-29-14-16-9-10-18(27)13-20(16)28/h4-14H,15H2,1-3H3,(H,30,34)/b29-14+. The second-order valence-electron chi connectivity index (χ2n) is 7.64. The lowest BCUT2D eigenvalue weighted by Crippen LogP contribution is -2.20. The van der Waals surface area contributed by atoms with Gasteiger partial charge in [0.1, 0.15) is 0 Å². The largest absolute Gasteiger partial charge is 0.493 e. The van der Waals surface area contributed by atoms with Crippen LogP contribution in [-0.4, -0.2) is 54.0 Å². The molecule has 0 aliphatic heterocycles. The van der Waals surface area contributed by atoms with Gasteiger partial charge < -0.3 is 14.2 Å². The van der Waals surface area contributed by atoms with Crippen LogP contribution in [0, 0.1) is 0 Å². The lowest BCUT2D eigenvalue weighted by Gasteiger charge is -2.15. The van der Waals surface area contributed by atoms with E-state index < -0.39 is 0 Å². The molecule has 1 amide bonds. The maximum atomic E-state index is 12.5. The first-order valence-corrected chi connectivity index (χ1v) is 12.9. The Morgan fingerprint density at radius 2 is 1.71 bits per heavy atom. The first kappa shape index (κ1) is 27.3. The summed E-state index contributed by atoms with van der Waals surface area (Å²) in [6.07, 6.45) is 1.45. The predicted molar refractivity (Wildman–Crippen MR) is 149 cm³/mol. The molecule has 0 bridgehead atoms. The molecule has 0 radical (unpaired) electrons. The van der Waals surface area contributed by atoms with Gasteiger partial charge >= 0.3 is 0 Å². The van der Waals surface area contributed by atoms with Crippen LogP contribution in [0.25, 0.3) is 17.1 Å². The number of para-hydroxylation sites is 1. The number of hydrogen-bond acceptors (Lipinski definition) is 8. The number of nitrogens with one attached hydrogen (secondary N) is 1. The Morgan fingerprint density at radius 1 is 1.00 bits per heavy atom. The summed E-state index contributed by atoms with van der Waals surface area (Å²) in [6, 6.07) is 18.2. The minimum Gasteiger partial charge on any atom is -0.493 e. The molecule has 0 atom stereocenters. The van der Waals surface area contributed by atoms with E-state index in [0.717, 1.165) is 5.69 Å². The Labute approximate surface area is 233 Å². The third-order valence-electron chi connectivity index (χ3n) is 5.26. The van der Waals surface area contributed by atoms with E-state index in [-0.39, 0.29) is 11.7 Å². The molecule has 0 saturated heterocycles. The molecule has 4 rings (SSSR count). The topological polar surface area (TPSA) is 99.9 Å². The number of nitrogens with zero attached hydrogens (tertiary/aromatic N) is 4. The number of aromatic nitrogens is 3. The highest BCUT2D eigenvalue weighted by Crippen LogP contribution is 2.41. The maximum Gasteiger partial charge on any atom is 0.250 e. The summed E-state index contributed by atoms with van der Waals surface area (Å²) in [5.41, 5.74) is 4.64. The second-order valence-corrected chi connectivity index (χ2v) is 9.42. The van der Waals surface area contributed by atoms with Crippen molar-refractivity contribution < 1.29 is 19.0 Å². The highest BCUT2D eigenvalue weighted by molar-refractivity contribution is 7.99. The van der Waals surface area contributed by atoms with E-state index in [0.29, 0.717) is 49.4 Å². The van der Waals surface area contributed by atoms with E-state index in [1.807, 2.05) is 34.9 Å². The van der Waals surface area contributed by atoms with Crippen LogP contribution in [0.3, 0.4) is 0 Å². The molecule has 4 aromatic rings. The molecule has 3 aromatic carbocycles. The van der Waals surface area contributed by atoms with E-state index in [9.17, 15) is 4.79 Å². The third kappa shape index (κ3) is 6.21. The fourth-order valence-electron chi connectivity index (χ4n) is 3.51. The zero-order valence-electron chi connectivity index (χ0n) is 20.6. The van der Waals surface area contributed by atoms with Gasteiger partial charge in [-0.3, -0.25) is 9.36 Å². The lowest BCUT2D eigenvalue weighted by molar-refractivity contribution is -0.118. The summed E-state index contributed by atoms with van der Waals surface area (Å²) in [4.78, 5) is 12.5. The van der Waals surface area contributed by atoms with Crippen molar-refractivity contribution in [3.63, 3.8) is 0 Å². The summed E-state index contributed by atoms with van der Waals surface area (Å²) < 4.78 is 18.3. The van der Waals surface area contributed by atoms with Crippen LogP contribution in [0.5, 0.6) is 17.2 Å². The number of hydrazone groups is 1. The van der Waals surface area contributed by atoms with E-state index in [1.54, 1.807) is 51.7 Å². The molecule has 0 aliphatic carbocycles. The van der Waals surface area contributed by atoms with Gasteiger partial charge in [0.05, 0.1) is 38.3 Å². The number of halogens is 2. The normalized spacial score (nSPS) is 11.0. The second kappa shape index (κ2) is 12.7. The van der Waals surface area contributed by atoms with Crippen LogP contribution in [0.4, 0.5) is 0 Å². The van der Waals surface area contributed by atoms with Crippen molar-refractivity contribution in [1.82, 2.24) is 20.2 Å². The number of thioether (sulfide) groups is 1. The van der Waals surface area contributed by atoms with Crippen LogP contribution in [-0.2, 0) is 4.79 Å². The van der Waals surface area contributed by atoms with Gasteiger partial charge in [-0.25, -0.2) is 5.43 Å². The summed E-state index contributed by atoms with van der Waals surface area (Å²) in [7, 11) is 4.64. The molecule has 0 spiro atoms. The third-order valence-corrected chi connectivity index (χ3v) is 6.75. The molecule has 1 aromatic heterocycles. The molecule has 1 heterocycles. The summed E-state index contributed by atoms with van der Waals surface area (Å²) in [5, 5.41) is 14.2. The molecule has 0 unspecified atom stereocenters. The van der Waals surface area contributed by atoms with Crippen molar-refractivity contribution in [3.8, 4) is 34.3 Å². The smallest absolute Gasteiger partial charge is 0.250 e.